The molecule has 0 aliphatic heterocycles. The van der Waals surface area contributed by atoms with Gasteiger partial charge in [-0.25, -0.2) is 8.78 Å². The van der Waals surface area contributed by atoms with Crippen molar-refractivity contribution in [2.75, 3.05) is 13.6 Å². The van der Waals surface area contributed by atoms with Gasteiger partial charge in [-0.05, 0) is 49.4 Å². The Morgan fingerprint density at radius 3 is 2.87 bits per heavy atom. The Morgan fingerprint density at radius 2 is 2.13 bits per heavy atom. The first-order valence-corrected chi connectivity index (χ1v) is 7.52. The summed E-state index contributed by atoms with van der Waals surface area (Å²) in [5.41, 5.74) is 0.135. The highest BCUT2D eigenvalue weighted by Crippen LogP contribution is 2.45. The van der Waals surface area contributed by atoms with E-state index in [2.05, 4.69) is 5.32 Å². The van der Waals surface area contributed by atoms with Gasteiger partial charge in [-0.3, -0.25) is 0 Å². The summed E-state index contributed by atoms with van der Waals surface area (Å²) < 4.78 is 34.8. The number of hydrogen-bond acceptors (Lipinski definition) is 3. The molecule has 0 heterocycles. The molecule has 1 aliphatic rings. The van der Waals surface area contributed by atoms with Gasteiger partial charge < -0.3 is 15.2 Å². The lowest BCUT2D eigenvalue weighted by molar-refractivity contribution is 0.0226. The van der Waals surface area contributed by atoms with Crippen molar-refractivity contribution in [3.8, 4) is 11.5 Å². The SMILES string of the molecule is CNCC1(F)Cc2cc(F)ccc2C1Oc1cccc(O)c1C. The van der Waals surface area contributed by atoms with Crippen molar-refractivity contribution in [1.82, 2.24) is 5.32 Å². The second-order valence-corrected chi connectivity index (χ2v) is 5.98. The highest BCUT2D eigenvalue weighted by Gasteiger charge is 2.48. The Labute approximate surface area is 133 Å². The molecule has 2 aromatic rings. The van der Waals surface area contributed by atoms with Crippen LogP contribution in [0.1, 0.15) is 22.8 Å². The first-order valence-electron chi connectivity index (χ1n) is 7.52. The fraction of sp³-hybridized carbons (Fsp3) is 0.333. The van der Waals surface area contributed by atoms with Gasteiger partial charge in [-0.15, -0.1) is 0 Å². The summed E-state index contributed by atoms with van der Waals surface area (Å²) in [5, 5.41) is 12.6. The first kappa shape index (κ1) is 15.7. The van der Waals surface area contributed by atoms with Crippen LogP contribution in [0.3, 0.4) is 0 Å². The van der Waals surface area contributed by atoms with E-state index in [4.69, 9.17) is 4.74 Å². The minimum Gasteiger partial charge on any atom is -0.508 e. The van der Waals surface area contributed by atoms with Crippen LogP contribution in [0.15, 0.2) is 36.4 Å². The van der Waals surface area contributed by atoms with Crippen LogP contribution in [-0.2, 0) is 6.42 Å². The number of nitrogens with one attached hydrogen (secondary N) is 1. The lowest BCUT2D eigenvalue weighted by Crippen LogP contribution is -2.41. The van der Waals surface area contributed by atoms with Crippen LogP contribution in [0.5, 0.6) is 11.5 Å². The van der Waals surface area contributed by atoms with Crippen molar-refractivity contribution in [3.63, 3.8) is 0 Å². The molecule has 2 aromatic carbocycles. The fourth-order valence-corrected chi connectivity index (χ4v) is 3.15. The Kier molecular flexibility index (Phi) is 3.98. The van der Waals surface area contributed by atoms with E-state index in [0.29, 0.717) is 22.4 Å². The lowest BCUT2D eigenvalue weighted by atomic mass is 9.99. The number of aromatic hydroxyl groups is 1. The summed E-state index contributed by atoms with van der Waals surface area (Å²) >= 11 is 0. The third-order valence-corrected chi connectivity index (χ3v) is 4.31. The predicted octanol–water partition coefficient (Wildman–Crippen LogP) is 3.44. The van der Waals surface area contributed by atoms with Crippen LogP contribution >= 0.6 is 0 Å². The average molecular weight is 319 g/mol. The lowest BCUT2D eigenvalue weighted by Gasteiger charge is -2.29. The summed E-state index contributed by atoms with van der Waals surface area (Å²) in [6.45, 7) is 1.80. The molecule has 2 atom stereocenters. The second-order valence-electron chi connectivity index (χ2n) is 5.98. The Balaban J connectivity index is 2.02. The van der Waals surface area contributed by atoms with Crippen molar-refractivity contribution < 1.29 is 18.6 Å². The molecule has 1 aliphatic carbocycles. The zero-order valence-electron chi connectivity index (χ0n) is 13.1. The Bertz CT molecular complexity index is 735. The number of ether oxygens (including phenoxy) is 1. The normalized spacial score (nSPS) is 22.9. The van der Waals surface area contributed by atoms with Crippen LogP contribution in [-0.4, -0.2) is 24.4 Å². The fourth-order valence-electron chi connectivity index (χ4n) is 3.15. The zero-order chi connectivity index (χ0) is 16.6. The quantitative estimate of drug-likeness (QED) is 0.907. The molecule has 23 heavy (non-hydrogen) atoms. The third-order valence-electron chi connectivity index (χ3n) is 4.31. The van der Waals surface area contributed by atoms with Crippen molar-refractivity contribution >= 4 is 0 Å². The number of phenols is 1. The molecule has 0 saturated heterocycles. The topological polar surface area (TPSA) is 41.5 Å². The number of fused-ring (bicyclic) bond motifs is 1. The Hall–Kier alpha value is -2.14. The summed E-state index contributed by atoms with van der Waals surface area (Å²) in [7, 11) is 1.67. The number of alkyl halides is 1. The van der Waals surface area contributed by atoms with Crippen molar-refractivity contribution in [2.45, 2.75) is 25.1 Å². The molecule has 0 radical (unpaired) electrons. The van der Waals surface area contributed by atoms with Crippen molar-refractivity contribution in [2.24, 2.45) is 0 Å². The van der Waals surface area contributed by atoms with E-state index in [9.17, 15) is 9.50 Å². The van der Waals surface area contributed by atoms with Crippen molar-refractivity contribution in [1.29, 1.82) is 0 Å². The van der Waals surface area contributed by atoms with Gasteiger partial charge in [0.25, 0.3) is 0 Å². The van der Waals surface area contributed by atoms with E-state index >= 15 is 4.39 Å². The predicted molar refractivity (Wildman–Crippen MR) is 84.1 cm³/mol. The summed E-state index contributed by atoms with van der Waals surface area (Å²) in [6.07, 6.45) is -0.769. The van der Waals surface area contributed by atoms with E-state index in [0.717, 1.165) is 0 Å². The molecular formula is C18H19F2NO2. The number of halogens is 2. The number of rotatable bonds is 4. The monoisotopic (exact) mass is 319 g/mol. The molecule has 2 N–H and O–H groups in total. The second kappa shape index (κ2) is 5.81. The molecule has 0 spiro atoms. The minimum absolute atomic E-state index is 0.0868. The molecule has 0 aromatic heterocycles. The van der Waals surface area contributed by atoms with Crippen LogP contribution < -0.4 is 10.1 Å². The maximum atomic E-state index is 15.4. The third kappa shape index (κ3) is 2.77. The number of phenolic OH excluding ortho intramolecular Hbond substituents is 1. The average Bonchev–Trinajstić information content (AvgIpc) is 2.75. The maximum absolute atomic E-state index is 15.4. The van der Waals surface area contributed by atoms with E-state index < -0.39 is 11.8 Å². The molecule has 3 nitrogen and oxygen atoms in total. The van der Waals surface area contributed by atoms with Crippen LogP contribution in [0, 0.1) is 12.7 Å². The van der Waals surface area contributed by atoms with Crippen LogP contribution in [0.2, 0.25) is 0 Å². The molecule has 0 amide bonds. The molecule has 0 bridgehead atoms. The molecule has 2 unspecified atom stereocenters. The molecule has 3 rings (SSSR count). The van der Waals surface area contributed by atoms with Gasteiger partial charge in [-0.1, -0.05) is 12.1 Å². The maximum Gasteiger partial charge on any atom is 0.168 e. The van der Waals surface area contributed by atoms with E-state index in [1.165, 1.54) is 12.1 Å². The summed E-state index contributed by atoms with van der Waals surface area (Å²) in [5.74, 6) is 0.132. The highest BCUT2D eigenvalue weighted by molar-refractivity contribution is 5.45. The molecule has 5 heteroatoms. The van der Waals surface area contributed by atoms with Gasteiger partial charge in [0.05, 0.1) is 0 Å². The van der Waals surface area contributed by atoms with Gasteiger partial charge >= 0.3 is 0 Å². The van der Waals surface area contributed by atoms with Gasteiger partial charge in [0, 0.05) is 18.5 Å². The number of benzene rings is 2. The van der Waals surface area contributed by atoms with Crippen molar-refractivity contribution in [3.05, 3.63) is 58.9 Å². The summed E-state index contributed by atoms with van der Waals surface area (Å²) in [6, 6.07) is 9.14. The van der Waals surface area contributed by atoms with Crippen LogP contribution in [0.4, 0.5) is 8.78 Å². The molecule has 0 fully saturated rings. The van der Waals surface area contributed by atoms with Crippen LogP contribution in [0.25, 0.3) is 0 Å². The van der Waals surface area contributed by atoms with Gasteiger partial charge in [0.15, 0.2) is 11.8 Å². The van der Waals surface area contributed by atoms with E-state index in [1.54, 1.807) is 38.2 Å². The first-order chi connectivity index (χ1) is 10.9. The van der Waals surface area contributed by atoms with Gasteiger partial charge in [0.1, 0.15) is 17.3 Å². The number of hydrogen-bond donors (Lipinski definition) is 2. The Morgan fingerprint density at radius 1 is 1.35 bits per heavy atom. The smallest absolute Gasteiger partial charge is 0.168 e. The largest absolute Gasteiger partial charge is 0.508 e. The molecule has 122 valence electrons. The van der Waals surface area contributed by atoms with E-state index in [1.807, 2.05) is 0 Å². The highest BCUT2D eigenvalue weighted by atomic mass is 19.1. The standard InChI is InChI=1S/C18H19F2NO2/c1-11-15(22)4-3-5-16(11)23-17-14-7-6-13(19)8-12(14)9-18(17,20)10-21-2/h3-8,17,21-22H,9-10H2,1-2H3. The molecular weight excluding hydrogens is 300 g/mol. The minimum atomic E-state index is -1.68. The summed E-state index contributed by atoms with van der Waals surface area (Å²) in [4.78, 5) is 0. The van der Waals surface area contributed by atoms with Gasteiger partial charge in [-0.2, -0.15) is 0 Å². The van der Waals surface area contributed by atoms with Gasteiger partial charge in [0.2, 0.25) is 0 Å². The van der Waals surface area contributed by atoms with E-state index in [-0.39, 0.29) is 24.5 Å². The zero-order valence-corrected chi connectivity index (χ0v) is 13.1. The molecule has 0 saturated carbocycles.